The summed E-state index contributed by atoms with van der Waals surface area (Å²) in [6, 6.07) is 0. The van der Waals surface area contributed by atoms with E-state index >= 15 is 0 Å². The highest BCUT2D eigenvalue weighted by atomic mass is 28.4. The molecule has 0 heterocycles. The molecule has 0 aromatic carbocycles. The lowest BCUT2D eigenvalue weighted by Crippen LogP contribution is -2.44. The smallest absolute Gasteiger partial charge is 0.330 e. The van der Waals surface area contributed by atoms with E-state index in [0.717, 1.165) is 0 Å². The van der Waals surface area contributed by atoms with Gasteiger partial charge >= 0.3 is 5.97 Å². The summed E-state index contributed by atoms with van der Waals surface area (Å²) in [5.41, 5.74) is 0. The van der Waals surface area contributed by atoms with Gasteiger partial charge in [0.2, 0.25) is 0 Å². The first kappa shape index (κ1) is 24.6. The first-order chi connectivity index (χ1) is 11.0. The van der Waals surface area contributed by atoms with Crippen molar-refractivity contribution >= 4 is 22.6 Å². The van der Waals surface area contributed by atoms with E-state index in [-0.39, 0.29) is 22.0 Å². The molecule has 4 nitrogen and oxygen atoms in total. The van der Waals surface area contributed by atoms with Crippen molar-refractivity contribution in [1.82, 2.24) is 0 Å². The number of carbonyl (C=O) groups is 1. The van der Waals surface area contributed by atoms with Crippen molar-refractivity contribution in [2.24, 2.45) is 5.92 Å². The summed E-state index contributed by atoms with van der Waals surface area (Å²) in [6.07, 6.45) is 3.35. The van der Waals surface area contributed by atoms with Gasteiger partial charge in [-0.15, -0.1) is 0 Å². The van der Waals surface area contributed by atoms with E-state index in [2.05, 4.69) is 67.7 Å². The average Bonchev–Trinajstić information content (AvgIpc) is 2.43. The van der Waals surface area contributed by atoms with Crippen LogP contribution in [0.1, 0.15) is 41.5 Å². The molecule has 0 aromatic rings. The lowest BCUT2D eigenvalue weighted by Gasteiger charge is -2.39. The van der Waals surface area contributed by atoms with Gasteiger partial charge in [0.05, 0.1) is 7.11 Å². The highest BCUT2D eigenvalue weighted by molar-refractivity contribution is 6.74. The van der Waals surface area contributed by atoms with Crippen LogP contribution in [-0.2, 0) is 18.4 Å². The second-order valence-corrected chi connectivity index (χ2v) is 19.4. The monoisotopic (exact) mass is 388 g/mol. The molecule has 0 unspecified atom stereocenters. The quantitative estimate of drug-likeness (QED) is 0.318. The van der Waals surface area contributed by atoms with E-state index in [4.69, 9.17) is 13.6 Å². The van der Waals surface area contributed by atoms with Crippen molar-refractivity contribution in [1.29, 1.82) is 0 Å². The topological polar surface area (TPSA) is 44.8 Å². The minimum atomic E-state index is -1.84. The Bertz CT molecular complexity index is 427. The highest BCUT2D eigenvalue weighted by Gasteiger charge is 2.39. The van der Waals surface area contributed by atoms with Gasteiger partial charge < -0.3 is 13.6 Å². The van der Waals surface area contributed by atoms with Crippen LogP contribution in [0.2, 0.25) is 36.3 Å². The van der Waals surface area contributed by atoms with Crippen LogP contribution in [0.3, 0.4) is 0 Å². The first-order valence-electron chi connectivity index (χ1n) is 9.07. The van der Waals surface area contributed by atoms with E-state index in [9.17, 15) is 4.79 Å². The number of hydrogen-bond acceptors (Lipinski definition) is 4. The van der Waals surface area contributed by atoms with Gasteiger partial charge in [0, 0.05) is 25.2 Å². The standard InChI is InChI=1S/C19H40O4Si2/c1-18(2,3)24(8,9)22-14-16(12-13-17(20)21-7)15-23-25(10,11)19(4,5)6/h12-13,16H,14-15H2,1-11H3/b13-12+. The lowest BCUT2D eigenvalue weighted by molar-refractivity contribution is -0.134. The molecule has 0 fully saturated rings. The van der Waals surface area contributed by atoms with Crippen molar-refractivity contribution in [3.63, 3.8) is 0 Å². The number of carbonyl (C=O) groups excluding carboxylic acids is 1. The highest BCUT2D eigenvalue weighted by Crippen LogP contribution is 2.38. The van der Waals surface area contributed by atoms with Crippen LogP contribution in [0.25, 0.3) is 0 Å². The van der Waals surface area contributed by atoms with Crippen LogP contribution in [0, 0.1) is 5.92 Å². The molecule has 0 atom stereocenters. The van der Waals surface area contributed by atoms with Gasteiger partial charge in [-0.25, -0.2) is 4.79 Å². The molecule has 0 saturated carbocycles. The Labute approximate surface area is 157 Å². The van der Waals surface area contributed by atoms with E-state index in [1.165, 1.54) is 13.2 Å². The van der Waals surface area contributed by atoms with Gasteiger partial charge in [0.1, 0.15) is 0 Å². The zero-order chi connectivity index (χ0) is 20.1. The molecular weight excluding hydrogens is 348 g/mol. The lowest BCUT2D eigenvalue weighted by atomic mass is 10.1. The number of ether oxygens (including phenoxy) is 1. The van der Waals surface area contributed by atoms with Crippen molar-refractivity contribution < 1.29 is 18.4 Å². The Morgan fingerprint density at radius 3 is 1.52 bits per heavy atom. The molecule has 0 amide bonds. The third-order valence-electron chi connectivity index (χ3n) is 5.63. The Kier molecular flexibility index (Phi) is 8.82. The van der Waals surface area contributed by atoms with Crippen LogP contribution >= 0.6 is 0 Å². The van der Waals surface area contributed by atoms with Crippen molar-refractivity contribution in [2.75, 3.05) is 20.3 Å². The zero-order valence-electron chi connectivity index (χ0n) is 18.3. The first-order valence-corrected chi connectivity index (χ1v) is 14.9. The fourth-order valence-electron chi connectivity index (χ4n) is 1.51. The van der Waals surface area contributed by atoms with Gasteiger partial charge in [0.25, 0.3) is 0 Å². The van der Waals surface area contributed by atoms with E-state index in [1.54, 1.807) is 0 Å². The normalized spacial score (nSPS) is 14.4. The van der Waals surface area contributed by atoms with Crippen LogP contribution < -0.4 is 0 Å². The van der Waals surface area contributed by atoms with Crippen molar-refractivity contribution in [3.8, 4) is 0 Å². The maximum atomic E-state index is 11.5. The van der Waals surface area contributed by atoms with E-state index in [1.807, 2.05) is 6.08 Å². The fraction of sp³-hybridized carbons (Fsp3) is 0.842. The minimum absolute atomic E-state index is 0.0438. The van der Waals surface area contributed by atoms with Gasteiger partial charge in [-0.3, -0.25) is 0 Å². The van der Waals surface area contributed by atoms with Gasteiger partial charge in [-0.05, 0) is 36.3 Å². The number of esters is 1. The molecule has 6 heteroatoms. The zero-order valence-corrected chi connectivity index (χ0v) is 20.3. The largest absolute Gasteiger partial charge is 0.466 e. The Balaban J connectivity index is 5.07. The van der Waals surface area contributed by atoms with Crippen LogP contribution in [0.5, 0.6) is 0 Å². The SMILES string of the molecule is COC(=O)/C=C/C(CO[Si](C)(C)C(C)(C)C)CO[Si](C)(C)C(C)(C)C. The molecule has 0 spiro atoms. The molecule has 0 aliphatic heterocycles. The summed E-state index contributed by atoms with van der Waals surface area (Å²) in [5, 5.41) is 0.313. The Hall–Kier alpha value is -0.436. The predicted octanol–water partition coefficient (Wildman–Crippen LogP) is 5.38. The Morgan fingerprint density at radius 1 is 0.880 bits per heavy atom. The number of rotatable bonds is 8. The summed E-state index contributed by atoms with van der Waals surface area (Å²) in [6.45, 7) is 23.5. The summed E-state index contributed by atoms with van der Waals surface area (Å²) in [5.74, 6) is -0.299. The van der Waals surface area contributed by atoms with Crippen LogP contribution in [0.4, 0.5) is 0 Å². The van der Waals surface area contributed by atoms with Gasteiger partial charge in [-0.1, -0.05) is 47.6 Å². The average molecular weight is 389 g/mol. The molecule has 0 rings (SSSR count). The van der Waals surface area contributed by atoms with Gasteiger partial charge in [-0.2, -0.15) is 0 Å². The van der Waals surface area contributed by atoms with Crippen molar-refractivity contribution in [3.05, 3.63) is 12.2 Å². The van der Waals surface area contributed by atoms with Gasteiger partial charge in [0.15, 0.2) is 16.6 Å². The minimum Gasteiger partial charge on any atom is -0.466 e. The van der Waals surface area contributed by atoms with Crippen LogP contribution in [0.15, 0.2) is 12.2 Å². The van der Waals surface area contributed by atoms with E-state index < -0.39 is 16.6 Å². The van der Waals surface area contributed by atoms with Crippen molar-refractivity contribution in [2.45, 2.75) is 77.8 Å². The maximum absolute atomic E-state index is 11.5. The summed E-state index contributed by atoms with van der Waals surface area (Å²) < 4.78 is 17.4. The van der Waals surface area contributed by atoms with E-state index in [0.29, 0.717) is 13.2 Å². The second-order valence-electron chi connectivity index (χ2n) is 9.78. The molecule has 0 radical (unpaired) electrons. The molecule has 0 saturated heterocycles. The molecule has 0 aromatic heterocycles. The molecule has 0 bridgehead atoms. The van der Waals surface area contributed by atoms with Crippen LogP contribution in [-0.4, -0.2) is 42.9 Å². The third kappa shape index (κ3) is 8.20. The fourth-order valence-corrected chi connectivity index (χ4v) is 3.63. The summed E-state index contributed by atoms with van der Waals surface area (Å²) in [4.78, 5) is 11.5. The predicted molar refractivity (Wildman–Crippen MR) is 111 cm³/mol. The number of methoxy groups -OCH3 is 1. The molecule has 0 aliphatic rings. The maximum Gasteiger partial charge on any atom is 0.330 e. The molecular formula is C19H40O4Si2. The molecule has 0 N–H and O–H groups in total. The second kappa shape index (κ2) is 8.97. The molecule has 25 heavy (non-hydrogen) atoms. The summed E-state index contributed by atoms with van der Waals surface area (Å²) >= 11 is 0. The number of hydrogen-bond donors (Lipinski definition) is 0. The summed E-state index contributed by atoms with van der Waals surface area (Å²) in [7, 11) is -2.29. The molecule has 0 aliphatic carbocycles. The Morgan fingerprint density at radius 2 is 1.24 bits per heavy atom. The third-order valence-corrected chi connectivity index (χ3v) is 14.6. The molecule has 148 valence electrons.